The van der Waals surface area contributed by atoms with Crippen molar-refractivity contribution in [2.24, 2.45) is 0 Å². The molecule has 0 amide bonds. The number of carbonyl (C=O) groups is 1. The quantitative estimate of drug-likeness (QED) is 0.0531. The van der Waals surface area contributed by atoms with E-state index in [1.54, 1.807) is 0 Å². The van der Waals surface area contributed by atoms with Crippen LogP contribution in [-0.4, -0.2) is 11.1 Å². The van der Waals surface area contributed by atoms with E-state index in [-0.39, 0.29) is 0 Å². The molecule has 0 aliphatic rings. The van der Waals surface area contributed by atoms with E-state index in [1.165, 1.54) is 306 Å². The van der Waals surface area contributed by atoms with Crippen LogP contribution in [0.5, 0.6) is 0 Å². The van der Waals surface area contributed by atoms with Crippen LogP contribution in [0.4, 0.5) is 0 Å². The number of hydrogen-bond acceptors (Lipinski definition) is 2. The first kappa shape index (κ1) is 63.8. The molecule has 0 radical (unpaired) electrons. The molecule has 0 saturated carbocycles. The normalized spacial score (nSPS) is 11.7. The molecule has 3 nitrogen and oxygen atoms in total. The molecule has 0 fully saturated rings. The SMILES string of the molecule is CCCCCCCCCCCCCCCCCCc1cc2c(CCCCCCCCCCCCCCCCCC)c(CCCCCCCCCCCCCCCCCC)ccc2c(C(=O)O)c1I=O. The number of rotatable bonds is 53. The molecular weight excluding hydrogens is 956 g/mol. The average Bonchev–Trinajstić information content (AvgIpc) is 3.35. The fraction of sp³-hybridized carbons (Fsp3) is 0.831. The van der Waals surface area contributed by atoms with Crippen LogP contribution >= 0.6 is 21.2 Å². The molecule has 0 unspecified atom stereocenters. The topological polar surface area (TPSA) is 54.4 Å². The minimum Gasteiger partial charge on any atom is -0.478 e. The van der Waals surface area contributed by atoms with Gasteiger partial charge < -0.3 is 5.11 Å². The van der Waals surface area contributed by atoms with Crippen molar-refractivity contribution in [1.82, 2.24) is 0 Å². The monoisotopic (exact) mass is 1070 g/mol. The number of carboxylic acids is 1. The Kier molecular flexibility index (Phi) is 44.1. The summed E-state index contributed by atoms with van der Waals surface area (Å²) in [6, 6.07) is 6.65. The predicted octanol–water partition coefficient (Wildman–Crippen LogP) is 23.4. The summed E-state index contributed by atoms with van der Waals surface area (Å²) < 4.78 is 13.6. The lowest BCUT2D eigenvalue weighted by Crippen LogP contribution is -2.07. The largest absolute Gasteiger partial charge is 0.478 e. The molecule has 0 saturated heterocycles. The molecule has 1 N–H and O–H groups in total. The van der Waals surface area contributed by atoms with Gasteiger partial charge in [-0.2, -0.15) is 0 Å². The Morgan fingerprint density at radius 1 is 0.348 bits per heavy atom. The highest BCUT2D eigenvalue weighted by Crippen LogP contribution is 2.35. The van der Waals surface area contributed by atoms with Crippen molar-refractivity contribution in [2.75, 3.05) is 0 Å². The molecule has 0 atom stereocenters. The van der Waals surface area contributed by atoms with Gasteiger partial charge in [0, 0.05) is 0 Å². The van der Waals surface area contributed by atoms with Crippen molar-refractivity contribution < 1.29 is 13.0 Å². The maximum absolute atomic E-state index is 13.0. The van der Waals surface area contributed by atoms with Crippen LogP contribution in [0.2, 0.25) is 0 Å². The van der Waals surface area contributed by atoms with Crippen molar-refractivity contribution in [3.63, 3.8) is 0 Å². The summed E-state index contributed by atoms with van der Waals surface area (Å²) in [5.41, 5.74) is 4.22. The van der Waals surface area contributed by atoms with Gasteiger partial charge in [0.1, 0.15) is 0 Å². The Morgan fingerprint density at radius 2 is 0.609 bits per heavy atom. The molecule has 2 aromatic rings. The molecule has 2 aromatic carbocycles. The van der Waals surface area contributed by atoms with Crippen LogP contribution in [0.1, 0.15) is 356 Å². The fourth-order valence-corrected chi connectivity index (χ4v) is 12.6. The minimum atomic E-state index is -1.60. The zero-order chi connectivity index (χ0) is 49.5. The Hall–Kier alpha value is -1.30. The Labute approximate surface area is 440 Å². The first-order valence-electron chi connectivity index (χ1n) is 31.2. The second-order valence-electron chi connectivity index (χ2n) is 22.1. The van der Waals surface area contributed by atoms with Crippen LogP contribution in [0.3, 0.4) is 0 Å². The maximum atomic E-state index is 13.0. The van der Waals surface area contributed by atoms with E-state index < -0.39 is 27.2 Å². The first-order valence-corrected chi connectivity index (χ1v) is 33.2. The van der Waals surface area contributed by atoms with E-state index in [1.807, 2.05) is 0 Å². The third kappa shape index (κ3) is 33.2. The van der Waals surface area contributed by atoms with Gasteiger partial charge in [0.15, 0.2) is 21.2 Å². The first-order chi connectivity index (χ1) is 34.1. The smallest absolute Gasteiger partial charge is 0.337 e. The highest BCUT2D eigenvalue weighted by atomic mass is 127. The molecule has 0 bridgehead atoms. The second kappa shape index (κ2) is 47.7. The zero-order valence-electron chi connectivity index (χ0n) is 46.4. The number of unbranched alkanes of at least 4 members (excludes halogenated alkanes) is 45. The van der Waals surface area contributed by atoms with Gasteiger partial charge in [-0.3, -0.25) is 3.07 Å². The van der Waals surface area contributed by atoms with E-state index >= 15 is 0 Å². The lowest BCUT2D eigenvalue weighted by atomic mass is 9.88. The Balaban J connectivity index is 1.92. The van der Waals surface area contributed by atoms with E-state index in [2.05, 4.69) is 39.0 Å². The number of hydrogen-bond donors (Lipinski definition) is 1. The maximum Gasteiger partial charge on any atom is 0.337 e. The van der Waals surface area contributed by atoms with Gasteiger partial charge in [-0.1, -0.05) is 322 Å². The molecule has 0 aliphatic heterocycles. The van der Waals surface area contributed by atoms with E-state index in [0.29, 0.717) is 9.13 Å². The van der Waals surface area contributed by atoms with E-state index in [0.717, 1.165) is 48.4 Å². The predicted molar refractivity (Wildman–Crippen MR) is 314 cm³/mol. The van der Waals surface area contributed by atoms with E-state index in [4.69, 9.17) is 0 Å². The zero-order valence-corrected chi connectivity index (χ0v) is 48.6. The molecule has 69 heavy (non-hydrogen) atoms. The molecule has 400 valence electrons. The van der Waals surface area contributed by atoms with Gasteiger partial charge in [-0.05, 0) is 72.1 Å². The molecule has 0 spiro atoms. The van der Waals surface area contributed by atoms with Crippen LogP contribution in [0, 0.1) is 3.57 Å². The number of fused-ring (bicyclic) bond motifs is 1. The van der Waals surface area contributed by atoms with Crippen LogP contribution in [-0.2, 0) is 22.3 Å². The second-order valence-corrected chi connectivity index (χ2v) is 23.6. The van der Waals surface area contributed by atoms with Crippen molar-refractivity contribution in [1.29, 1.82) is 0 Å². The van der Waals surface area contributed by atoms with Gasteiger partial charge in [0.25, 0.3) is 0 Å². The summed E-state index contributed by atoms with van der Waals surface area (Å²) in [5, 5.41) is 12.6. The molecule has 0 aromatic heterocycles. The van der Waals surface area contributed by atoms with Crippen molar-refractivity contribution in [3.05, 3.63) is 44.0 Å². The summed E-state index contributed by atoms with van der Waals surface area (Å²) in [6.07, 6.45) is 68.4. The highest BCUT2D eigenvalue weighted by molar-refractivity contribution is 14.1. The summed E-state index contributed by atoms with van der Waals surface area (Å²) in [5.74, 6) is -0.904. The van der Waals surface area contributed by atoms with Crippen molar-refractivity contribution >= 4 is 37.9 Å². The summed E-state index contributed by atoms with van der Waals surface area (Å²) in [4.78, 5) is 13.0. The number of aryl methyl sites for hydroxylation is 3. The molecule has 4 heteroatoms. The summed E-state index contributed by atoms with van der Waals surface area (Å²) in [7, 11) is 0. The van der Waals surface area contributed by atoms with Gasteiger partial charge >= 0.3 is 5.97 Å². The Morgan fingerprint density at radius 3 is 0.884 bits per heavy atom. The number of carboxylic acid groups (broad SMARTS) is 1. The van der Waals surface area contributed by atoms with Gasteiger partial charge in [-0.25, -0.2) is 4.79 Å². The third-order valence-electron chi connectivity index (χ3n) is 15.7. The van der Waals surface area contributed by atoms with Crippen LogP contribution < -0.4 is 0 Å². The van der Waals surface area contributed by atoms with Gasteiger partial charge in [-0.15, -0.1) is 0 Å². The number of aromatic carboxylic acids is 1. The Bertz CT molecular complexity index is 1480. The van der Waals surface area contributed by atoms with Gasteiger partial charge in [0.05, 0.1) is 9.13 Å². The number of halogens is 1. The number of benzene rings is 2. The molecular formula is C65H115IO3. The summed E-state index contributed by atoms with van der Waals surface area (Å²) >= 11 is -1.60. The molecule has 0 heterocycles. The molecule has 0 aliphatic carbocycles. The standard InChI is InChI=1S/C65H115IO3/c1-4-7-10-13-16-19-22-25-28-31-34-37-40-43-46-49-52-58-55-56-61-62(60(58)54-51-48-45-42-39-36-33-30-27-24-21-18-15-12-9-6-3)57-59(64(66-69)63(61)65(67)68)53-50-47-44-41-38-35-32-29-26-23-20-17-14-11-8-5-2/h55-57H,4-54H2,1-3H3,(H,67,68). The lowest BCUT2D eigenvalue weighted by molar-refractivity contribution is 0.0697. The van der Waals surface area contributed by atoms with Crippen molar-refractivity contribution in [2.45, 2.75) is 348 Å². The minimum absolute atomic E-state index is 0.337. The van der Waals surface area contributed by atoms with Gasteiger partial charge in [0.2, 0.25) is 0 Å². The molecule has 2 rings (SSSR count). The van der Waals surface area contributed by atoms with Crippen LogP contribution in [0.15, 0.2) is 18.2 Å². The third-order valence-corrected chi connectivity index (χ3v) is 17.4. The van der Waals surface area contributed by atoms with Crippen molar-refractivity contribution in [3.8, 4) is 0 Å². The summed E-state index contributed by atoms with van der Waals surface area (Å²) in [6.45, 7) is 6.90. The van der Waals surface area contributed by atoms with E-state index in [9.17, 15) is 13.0 Å². The average molecular weight is 1070 g/mol. The highest BCUT2D eigenvalue weighted by Gasteiger charge is 2.22. The lowest BCUT2D eigenvalue weighted by Gasteiger charge is -2.18. The van der Waals surface area contributed by atoms with Crippen LogP contribution in [0.25, 0.3) is 10.8 Å². The fourth-order valence-electron chi connectivity index (χ4n) is 11.2.